The predicted octanol–water partition coefficient (Wildman–Crippen LogP) is 3.05. The summed E-state index contributed by atoms with van der Waals surface area (Å²) in [5, 5.41) is 8.77. The molecule has 1 aromatic carbocycles. The van der Waals surface area contributed by atoms with Crippen LogP contribution in [0.4, 0.5) is 0 Å². The van der Waals surface area contributed by atoms with Gasteiger partial charge in [-0.05, 0) is 26.0 Å². The lowest BCUT2D eigenvalue weighted by atomic mass is 10.1. The summed E-state index contributed by atoms with van der Waals surface area (Å²) < 4.78 is 2.08. The van der Waals surface area contributed by atoms with Crippen molar-refractivity contribution >= 4 is 11.6 Å². The number of hydrogen-bond donors (Lipinski definition) is 1. The Kier molecular flexibility index (Phi) is 3.10. The second-order valence-electron chi connectivity index (χ2n) is 4.73. The van der Waals surface area contributed by atoms with Crippen molar-refractivity contribution in [2.24, 2.45) is 0 Å². The van der Waals surface area contributed by atoms with Gasteiger partial charge >= 0.3 is 0 Å². The van der Waals surface area contributed by atoms with Gasteiger partial charge in [-0.2, -0.15) is 5.10 Å². The topological polar surface area (TPSA) is 29.9 Å². The van der Waals surface area contributed by atoms with Crippen LogP contribution in [-0.4, -0.2) is 22.9 Å². The van der Waals surface area contributed by atoms with Crippen LogP contribution in [0.1, 0.15) is 18.2 Å². The molecule has 2 heterocycles. The first-order valence-corrected chi connectivity index (χ1v) is 6.65. The maximum Gasteiger partial charge on any atom is 0.0672 e. The number of aryl methyl sites for hydroxylation is 1. The van der Waals surface area contributed by atoms with E-state index in [4.69, 9.17) is 11.6 Å². The van der Waals surface area contributed by atoms with E-state index in [2.05, 4.69) is 21.3 Å². The Morgan fingerprint density at radius 3 is 2.89 bits per heavy atom. The number of halogens is 1. The van der Waals surface area contributed by atoms with Crippen LogP contribution >= 0.6 is 11.6 Å². The number of nitrogens with zero attached hydrogens (tertiary/aromatic N) is 2. The second-order valence-corrected chi connectivity index (χ2v) is 5.14. The van der Waals surface area contributed by atoms with Crippen LogP contribution in [0.2, 0.25) is 5.02 Å². The average Bonchev–Trinajstić information content (AvgIpc) is 2.99. The molecule has 1 aliphatic rings. The van der Waals surface area contributed by atoms with Crippen LogP contribution < -0.4 is 5.32 Å². The van der Waals surface area contributed by atoms with Crippen molar-refractivity contribution in [3.8, 4) is 11.1 Å². The van der Waals surface area contributed by atoms with Gasteiger partial charge in [0.1, 0.15) is 0 Å². The molecule has 94 valence electrons. The van der Waals surface area contributed by atoms with E-state index in [1.54, 1.807) is 0 Å². The number of hydrogen-bond acceptors (Lipinski definition) is 2. The van der Waals surface area contributed by atoms with Crippen molar-refractivity contribution in [1.29, 1.82) is 0 Å². The summed E-state index contributed by atoms with van der Waals surface area (Å²) in [5.74, 6) is 0. The molecular weight excluding hydrogens is 246 g/mol. The molecule has 1 unspecified atom stereocenters. The van der Waals surface area contributed by atoms with Crippen LogP contribution in [0, 0.1) is 6.92 Å². The van der Waals surface area contributed by atoms with Gasteiger partial charge in [0.2, 0.25) is 0 Å². The van der Waals surface area contributed by atoms with E-state index in [1.807, 2.05) is 31.2 Å². The van der Waals surface area contributed by atoms with Crippen LogP contribution in [-0.2, 0) is 0 Å². The molecule has 0 saturated carbocycles. The van der Waals surface area contributed by atoms with Gasteiger partial charge in [-0.1, -0.05) is 29.8 Å². The van der Waals surface area contributed by atoms with Gasteiger partial charge in [-0.25, -0.2) is 0 Å². The van der Waals surface area contributed by atoms with Crippen molar-refractivity contribution < 1.29 is 0 Å². The van der Waals surface area contributed by atoms with E-state index in [0.29, 0.717) is 6.04 Å². The van der Waals surface area contributed by atoms with E-state index in [-0.39, 0.29) is 0 Å². The van der Waals surface area contributed by atoms with Crippen LogP contribution in [0.5, 0.6) is 0 Å². The first kappa shape index (κ1) is 11.8. The molecule has 3 nitrogen and oxygen atoms in total. The zero-order valence-corrected chi connectivity index (χ0v) is 11.1. The minimum Gasteiger partial charge on any atom is -0.315 e. The van der Waals surface area contributed by atoms with Crippen LogP contribution in [0.3, 0.4) is 0 Å². The summed E-state index contributed by atoms with van der Waals surface area (Å²) in [6.45, 7) is 4.12. The summed E-state index contributed by atoms with van der Waals surface area (Å²) >= 11 is 6.25. The van der Waals surface area contributed by atoms with Crippen molar-refractivity contribution in [2.75, 3.05) is 13.1 Å². The molecule has 1 aromatic heterocycles. The molecular formula is C14H16ClN3. The quantitative estimate of drug-likeness (QED) is 0.901. The highest BCUT2D eigenvalue weighted by Crippen LogP contribution is 2.30. The zero-order valence-electron chi connectivity index (χ0n) is 10.4. The molecule has 0 aliphatic carbocycles. The Morgan fingerprint density at radius 1 is 1.33 bits per heavy atom. The first-order valence-electron chi connectivity index (χ1n) is 6.27. The number of benzene rings is 1. The molecule has 1 saturated heterocycles. The van der Waals surface area contributed by atoms with Crippen molar-refractivity contribution in [3.05, 3.63) is 41.2 Å². The Morgan fingerprint density at radius 2 is 2.17 bits per heavy atom. The molecule has 0 spiro atoms. The van der Waals surface area contributed by atoms with E-state index in [0.717, 1.165) is 41.4 Å². The largest absolute Gasteiger partial charge is 0.315 e. The minimum absolute atomic E-state index is 0.472. The molecule has 0 radical (unpaired) electrons. The van der Waals surface area contributed by atoms with Crippen molar-refractivity contribution in [2.45, 2.75) is 19.4 Å². The predicted molar refractivity (Wildman–Crippen MR) is 73.9 cm³/mol. The highest BCUT2D eigenvalue weighted by Gasteiger charge is 2.19. The Balaban J connectivity index is 2.00. The van der Waals surface area contributed by atoms with Gasteiger partial charge in [0.25, 0.3) is 0 Å². The van der Waals surface area contributed by atoms with E-state index < -0.39 is 0 Å². The SMILES string of the molecule is Cc1nn(C2CCNC2)cc1-c1ccccc1Cl. The third kappa shape index (κ3) is 2.04. The fraction of sp³-hybridized carbons (Fsp3) is 0.357. The normalized spacial score (nSPS) is 19.3. The molecule has 1 N–H and O–H groups in total. The van der Waals surface area contributed by atoms with E-state index >= 15 is 0 Å². The van der Waals surface area contributed by atoms with Crippen LogP contribution in [0.25, 0.3) is 11.1 Å². The summed E-state index contributed by atoms with van der Waals surface area (Å²) in [6, 6.07) is 8.40. The van der Waals surface area contributed by atoms with Gasteiger partial charge in [0.05, 0.1) is 11.7 Å². The third-order valence-electron chi connectivity index (χ3n) is 3.49. The molecule has 1 atom stereocenters. The number of nitrogens with one attached hydrogen (secondary N) is 1. The summed E-state index contributed by atoms with van der Waals surface area (Å²) in [5.41, 5.74) is 3.23. The molecule has 3 rings (SSSR count). The van der Waals surface area contributed by atoms with Crippen LogP contribution in [0.15, 0.2) is 30.5 Å². The minimum atomic E-state index is 0.472. The lowest BCUT2D eigenvalue weighted by molar-refractivity contribution is 0.488. The maximum atomic E-state index is 6.25. The molecule has 0 bridgehead atoms. The maximum absolute atomic E-state index is 6.25. The average molecular weight is 262 g/mol. The highest BCUT2D eigenvalue weighted by molar-refractivity contribution is 6.33. The third-order valence-corrected chi connectivity index (χ3v) is 3.82. The van der Waals surface area contributed by atoms with Crippen molar-refractivity contribution in [3.63, 3.8) is 0 Å². The monoisotopic (exact) mass is 261 g/mol. The Labute approximate surface area is 112 Å². The smallest absolute Gasteiger partial charge is 0.0672 e. The lowest BCUT2D eigenvalue weighted by Gasteiger charge is -2.07. The van der Waals surface area contributed by atoms with Gasteiger partial charge < -0.3 is 5.32 Å². The fourth-order valence-electron chi connectivity index (χ4n) is 2.48. The second kappa shape index (κ2) is 4.75. The standard InChI is InChI=1S/C14H16ClN3/c1-10-13(12-4-2-3-5-14(12)15)9-18(17-10)11-6-7-16-8-11/h2-5,9,11,16H,6-8H2,1H3. The molecule has 18 heavy (non-hydrogen) atoms. The summed E-state index contributed by atoms with van der Waals surface area (Å²) in [4.78, 5) is 0. The summed E-state index contributed by atoms with van der Waals surface area (Å²) in [7, 11) is 0. The fourth-order valence-corrected chi connectivity index (χ4v) is 2.72. The van der Waals surface area contributed by atoms with Gasteiger partial charge in [-0.15, -0.1) is 0 Å². The van der Waals surface area contributed by atoms with Gasteiger partial charge in [0, 0.05) is 28.9 Å². The molecule has 0 amide bonds. The van der Waals surface area contributed by atoms with E-state index in [1.165, 1.54) is 0 Å². The molecule has 2 aromatic rings. The Hall–Kier alpha value is -1.32. The van der Waals surface area contributed by atoms with Gasteiger partial charge in [0.15, 0.2) is 0 Å². The van der Waals surface area contributed by atoms with Gasteiger partial charge in [-0.3, -0.25) is 4.68 Å². The Bertz CT molecular complexity index is 556. The number of aromatic nitrogens is 2. The molecule has 1 fully saturated rings. The van der Waals surface area contributed by atoms with E-state index in [9.17, 15) is 0 Å². The highest BCUT2D eigenvalue weighted by atomic mass is 35.5. The van der Waals surface area contributed by atoms with Crippen molar-refractivity contribution in [1.82, 2.24) is 15.1 Å². The zero-order chi connectivity index (χ0) is 12.5. The first-order chi connectivity index (χ1) is 8.75. The lowest BCUT2D eigenvalue weighted by Crippen LogP contribution is -2.13. The molecule has 4 heteroatoms. The summed E-state index contributed by atoms with van der Waals surface area (Å²) in [6.07, 6.45) is 3.26. The molecule has 1 aliphatic heterocycles. The number of rotatable bonds is 2.